The molecule has 0 amide bonds. The molecule has 5 nitrogen and oxygen atoms in total. The van der Waals surface area contributed by atoms with Crippen LogP contribution in [0, 0.1) is 0 Å². The Bertz CT molecular complexity index is 751. The highest BCUT2D eigenvalue weighted by Crippen LogP contribution is 2.36. The van der Waals surface area contributed by atoms with Crippen LogP contribution >= 0.6 is 11.3 Å². The molecule has 1 aromatic carbocycles. The molecule has 1 unspecified atom stereocenters. The number of ether oxygens (including phenoxy) is 1. The molecule has 0 saturated heterocycles. The van der Waals surface area contributed by atoms with E-state index in [0.717, 1.165) is 10.4 Å². The smallest absolute Gasteiger partial charge is 0.338 e. The second-order valence-corrected chi connectivity index (χ2v) is 5.91. The highest BCUT2D eigenvalue weighted by Gasteiger charge is 2.32. The number of esters is 1. The second-order valence-electron chi connectivity index (χ2n) is 4.93. The fraction of sp³-hybridized carbons (Fsp3) is 0.176. The number of nitrogens with one attached hydrogen (secondary N) is 1. The highest BCUT2D eigenvalue weighted by atomic mass is 32.1. The van der Waals surface area contributed by atoms with Crippen molar-refractivity contribution in [2.45, 2.75) is 13.0 Å². The zero-order chi connectivity index (χ0) is 16.2. The van der Waals surface area contributed by atoms with E-state index >= 15 is 0 Å². The topological polar surface area (TPSA) is 76.7 Å². The third-order valence-corrected chi connectivity index (χ3v) is 4.36. The van der Waals surface area contributed by atoms with E-state index in [9.17, 15) is 4.79 Å². The highest BCUT2D eigenvalue weighted by molar-refractivity contribution is 7.10. The molecule has 2 aromatic rings. The minimum atomic E-state index is -0.453. The van der Waals surface area contributed by atoms with Gasteiger partial charge in [0.15, 0.2) is 5.96 Å². The van der Waals surface area contributed by atoms with Crippen LogP contribution in [0.1, 0.15) is 23.4 Å². The van der Waals surface area contributed by atoms with Crippen LogP contribution in [0.4, 0.5) is 0 Å². The van der Waals surface area contributed by atoms with E-state index in [0.29, 0.717) is 17.9 Å². The van der Waals surface area contributed by atoms with Crippen LogP contribution in [-0.4, -0.2) is 18.5 Å². The first-order chi connectivity index (χ1) is 11.2. The van der Waals surface area contributed by atoms with Crippen LogP contribution in [0.2, 0.25) is 0 Å². The van der Waals surface area contributed by atoms with Crippen molar-refractivity contribution in [2.24, 2.45) is 10.7 Å². The normalized spacial score (nSPS) is 17.4. The van der Waals surface area contributed by atoms with Gasteiger partial charge in [0, 0.05) is 4.88 Å². The average Bonchev–Trinajstić information content (AvgIpc) is 3.09. The Kier molecular flexibility index (Phi) is 4.43. The van der Waals surface area contributed by atoms with Gasteiger partial charge in [-0.15, -0.1) is 11.3 Å². The van der Waals surface area contributed by atoms with Gasteiger partial charge < -0.3 is 15.8 Å². The summed E-state index contributed by atoms with van der Waals surface area (Å²) in [5.41, 5.74) is 7.95. The first-order valence-corrected chi connectivity index (χ1v) is 8.19. The van der Waals surface area contributed by atoms with Crippen molar-refractivity contribution < 1.29 is 9.53 Å². The zero-order valence-electron chi connectivity index (χ0n) is 12.7. The summed E-state index contributed by atoms with van der Waals surface area (Å²) in [6, 6.07) is 13.0. The molecule has 0 aliphatic carbocycles. The Morgan fingerprint density at radius 3 is 2.74 bits per heavy atom. The summed E-state index contributed by atoms with van der Waals surface area (Å²) in [5.74, 6) is -0.0937. The summed E-state index contributed by atoms with van der Waals surface area (Å²) in [5, 5.41) is 4.98. The Labute approximate surface area is 138 Å². The van der Waals surface area contributed by atoms with Crippen molar-refractivity contribution >= 4 is 29.0 Å². The van der Waals surface area contributed by atoms with Gasteiger partial charge in [-0.25, -0.2) is 9.79 Å². The first-order valence-electron chi connectivity index (χ1n) is 7.31. The number of hydrogen-bond acceptors (Lipinski definition) is 6. The number of carbonyl (C=O) groups is 1. The van der Waals surface area contributed by atoms with E-state index in [-0.39, 0.29) is 11.9 Å². The predicted octanol–water partition coefficient (Wildman–Crippen LogP) is 2.68. The molecule has 118 valence electrons. The van der Waals surface area contributed by atoms with E-state index < -0.39 is 6.04 Å². The molecule has 1 aliphatic heterocycles. The van der Waals surface area contributed by atoms with Gasteiger partial charge in [-0.05, 0) is 23.9 Å². The van der Waals surface area contributed by atoms with Gasteiger partial charge in [-0.1, -0.05) is 36.4 Å². The number of carbonyl (C=O) groups excluding carboxylic acids is 1. The monoisotopic (exact) mass is 327 g/mol. The largest absolute Gasteiger partial charge is 0.463 e. The number of hydrogen-bond donors (Lipinski definition) is 2. The van der Waals surface area contributed by atoms with Crippen molar-refractivity contribution in [2.75, 3.05) is 6.61 Å². The van der Waals surface area contributed by atoms with Crippen LogP contribution in [0.5, 0.6) is 0 Å². The molecule has 0 bridgehead atoms. The van der Waals surface area contributed by atoms with Gasteiger partial charge in [-0.3, -0.25) is 0 Å². The molecule has 1 aromatic heterocycles. The third-order valence-electron chi connectivity index (χ3n) is 3.43. The molecule has 0 saturated carbocycles. The molecule has 0 spiro atoms. The number of rotatable bonds is 4. The minimum absolute atomic E-state index is 0.287. The van der Waals surface area contributed by atoms with Crippen molar-refractivity contribution in [1.29, 1.82) is 0 Å². The Morgan fingerprint density at radius 1 is 1.30 bits per heavy atom. The third kappa shape index (κ3) is 3.12. The van der Waals surface area contributed by atoms with E-state index in [2.05, 4.69) is 10.3 Å². The molecule has 6 heteroatoms. The summed E-state index contributed by atoms with van der Waals surface area (Å²) < 4.78 is 5.25. The lowest BCUT2D eigenvalue weighted by atomic mass is 9.97. The van der Waals surface area contributed by atoms with Crippen molar-refractivity contribution in [3.05, 3.63) is 63.9 Å². The lowest BCUT2D eigenvalue weighted by molar-refractivity contribution is -0.138. The summed E-state index contributed by atoms with van der Waals surface area (Å²) in [7, 11) is 0. The summed E-state index contributed by atoms with van der Waals surface area (Å²) >= 11 is 1.54. The molecule has 1 aliphatic rings. The molecule has 3 rings (SSSR count). The maximum absolute atomic E-state index is 12.6. The van der Waals surface area contributed by atoms with E-state index in [1.54, 1.807) is 6.92 Å². The van der Waals surface area contributed by atoms with Gasteiger partial charge in [0.05, 0.1) is 17.9 Å². The minimum Gasteiger partial charge on any atom is -0.463 e. The number of nitrogens with zero attached hydrogens (tertiary/aromatic N) is 1. The Balaban J connectivity index is 2.15. The first kappa shape index (κ1) is 15.3. The maximum Gasteiger partial charge on any atom is 0.338 e. The zero-order valence-corrected chi connectivity index (χ0v) is 13.5. The molecular weight excluding hydrogens is 310 g/mol. The van der Waals surface area contributed by atoms with Crippen molar-refractivity contribution in [3.63, 3.8) is 0 Å². The summed E-state index contributed by atoms with van der Waals surface area (Å²) in [6.07, 6.45) is 0. The molecule has 0 fully saturated rings. The van der Waals surface area contributed by atoms with E-state index in [1.807, 2.05) is 47.8 Å². The SMILES string of the molecule is CCOC(=O)C1=C(c2ccccc2)NC(N)=NC1c1cccs1. The Morgan fingerprint density at radius 2 is 2.09 bits per heavy atom. The molecular formula is C17H17N3O2S. The van der Waals surface area contributed by atoms with Crippen molar-refractivity contribution in [3.8, 4) is 0 Å². The van der Waals surface area contributed by atoms with Gasteiger partial charge in [-0.2, -0.15) is 0 Å². The number of thiophene rings is 1. The fourth-order valence-electron chi connectivity index (χ4n) is 2.48. The van der Waals surface area contributed by atoms with E-state index in [4.69, 9.17) is 10.5 Å². The number of guanidine groups is 1. The molecule has 2 heterocycles. The van der Waals surface area contributed by atoms with Crippen LogP contribution in [-0.2, 0) is 9.53 Å². The average molecular weight is 327 g/mol. The lowest BCUT2D eigenvalue weighted by Gasteiger charge is -2.25. The molecule has 23 heavy (non-hydrogen) atoms. The van der Waals surface area contributed by atoms with Crippen LogP contribution < -0.4 is 11.1 Å². The van der Waals surface area contributed by atoms with E-state index in [1.165, 1.54) is 11.3 Å². The second kappa shape index (κ2) is 6.66. The number of benzene rings is 1. The maximum atomic E-state index is 12.6. The fourth-order valence-corrected chi connectivity index (χ4v) is 3.25. The van der Waals surface area contributed by atoms with Crippen LogP contribution in [0.25, 0.3) is 5.70 Å². The van der Waals surface area contributed by atoms with Gasteiger partial charge in [0.2, 0.25) is 0 Å². The molecule has 1 atom stereocenters. The van der Waals surface area contributed by atoms with Crippen LogP contribution in [0.3, 0.4) is 0 Å². The quantitative estimate of drug-likeness (QED) is 0.847. The van der Waals surface area contributed by atoms with Crippen molar-refractivity contribution in [1.82, 2.24) is 5.32 Å². The summed E-state index contributed by atoms with van der Waals surface area (Å²) in [6.45, 7) is 2.09. The Hall–Kier alpha value is -2.60. The molecule has 0 radical (unpaired) electrons. The van der Waals surface area contributed by atoms with Gasteiger partial charge >= 0.3 is 5.97 Å². The van der Waals surface area contributed by atoms with Gasteiger partial charge in [0.1, 0.15) is 6.04 Å². The predicted molar refractivity (Wildman–Crippen MR) is 91.8 cm³/mol. The molecule has 3 N–H and O–H groups in total. The summed E-state index contributed by atoms with van der Waals surface area (Å²) in [4.78, 5) is 17.9. The standard InChI is InChI=1S/C17H17N3O2S/c1-2-22-16(21)13-14(11-7-4-3-5-8-11)19-17(18)20-15(13)12-9-6-10-23-12/h3-10,15H,2H2,1H3,(H3,18,19,20). The number of aliphatic imine (C=N–C) groups is 1. The number of nitrogens with two attached hydrogens (primary N) is 1. The lowest BCUT2D eigenvalue weighted by Crippen LogP contribution is -2.37. The van der Waals surface area contributed by atoms with Gasteiger partial charge in [0.25, 0.3) is 0 Å². The van der Waals surface area contributed by atoms with Crippen LogP contribution in [0.15, 0.2) is 58.4 Å².